The van der Waals surface area contributed by atoms with Crippen molar-refractivity contribution >= 4 is 0 Å². The molecule has 0 saturated carbocycles. The van der Waals surface area contributed by atoms with Gasteiger partial charge in [-0.15, -0.1) is 0 Å². The lowest BCUT2D eigenvalue weighted by atomic mass is 10.1. The summed E-state index contributed by atoms with van der Waals surface area (Å²) >= 11 is 0. The van der Waals surface area contributed by atoms with Crippen molar-refractivity contribution in [2.24, 2.45) is 5.92 Å². The van der Waals surface area contributed by atoms with E-state index in [1.54, 1.807) is 0 Å². The molecule has 1 heterocycles. The van der Waals surface area contributed by atoms with Gasteiger partial charge in [0.05, 0.1) is 6.10 Å². The summed E-state index contributed by atoms with van der Waals surface area (Å²) in [5.74, 6) is 0.826. The molecule has 1 atom stereocenters. The molecule has 0 spiro atoms. The maximum absolute atomic E-state index is 5.31. The fourth-order valence-corrected chi connectivity index (χ4v) is 1.63. The van der Waals surface area contributed by atoms with E-state index in [1.807, 2.05) is 7.11 Å². The lowest BCUT2D eigenvalue weighted by molar-refractivity contribution is 0.107. The normalized spacial score (nSPS) is 25.5. The van der Waals surface area contributed by atoms with Crippen LogP contribution in [0.1, 0.15) is 26.7 Å². The van der Waals surface area contributed by atoms with Gasteiger partial charge in [0.2, 0.25) is 0 Å². The SMILES string of the molecule is CO[C@@H]1CCN(CCC(C)C)C1. The Bertz CT molecular complexity index is 125. The second-order valence-corrected chi connectivity index (χ2v) is 4.13. The molecule has 0 aromatic carbocycles. The van der Waals surface area contributed by atoms with Gasteiger partial charge >= 0.3 is 0 Å². The summed E-state index contributed by atoms with van der Waals surface area (Å²) in [6.07, 6.45) is 3.03. The fourth-order valence-electron chi connectivity index (χ4n) is 1.63. The van der Waals surface area contributed by atoms with Crippen molar-refractivity contribution in [2.45, 2.75) is 32.8 Å². The Morgan fingerprint density at radius 3 is 2.75 bits per heavy atom. The highest BCUT2D eigenvalue weighted by Gasteiger charge is 2.21. The van der Waals surface area contributed by atoms with Crippen molar-refractivity contribution in [2.75, 3.05) is 26.7 Å². The van der Waals surface area contributed by atoms with E-state index < -0.39 is 0 Å². The molecule has 1 rings (SSSR count). The number of methoxy groups -OCH3 is 1. The molecule has 0 aromatic rings. The molecule has 1 aliphatic heterocycles. The second-order valence-electron chi connectivity index (χ2n) is 4.13. The maximum Gasteiger partial charge on any atom is 0.0710 e. The minimum atomic E-state index is 0.497. The Labute approximate surface area is 75.9 Å². The number of nitrogens with zero attached hydrogens (tertiary/aromatic N) is 1. The van der Waals surface area contributed by atoms with E-state index in [0.29, 0.717) is 6.10 Å². The molecular formula is C10H21NO. The van der Waals surface area contributed by atoms with E-state index in [0.717, 1.165) is 12.5 Å². The van der Waals surface area contributed by atoms with Crippen LogP contribution in [0, 0.1) is 5.92 Å². The van der Waals surface area contributed by atoms with E-state index in [2.05, 4.69) is 18.7 Å². The topological polar surface area (TPSA) is 12.5 Å². The van der Waals surface area contributed by atoms with Gasteiger partial charge in [0.1, 0.15) is 0 Å². The average Bonchev–Trinajstić information content (AvgIpc) is 2.48. The Morgan fingerprint density at radius 1 is 1.50 bits per heavy atom. The van der Waals surface area contributed by atoms with E-state index in [1.165, 1.54) is 25.9 Å². The second kappa shape index (κ2) is 4.83. The predicted octanol–water partition coefficient (Wildman–Crippen LogP) is 1.75. The third kappa shape index (κ3) is 3.11. The summed E-state index contributed by atoms with van der Waals surface area (Å²) in [5.41, 5.74) is 0. The molecular weight excluding hydrogens is 150 g/mol. The molecule has 1 saturated heterocycles. The Morgan fingerprint density at radius 2 is 2.25 bits per heavy atom. The molecule has 0 amide bonds. The number of hydrogen-bond donors (Lipinski definition) is 0. The summed E-state index contributed by atoms with van der Waals surface area (Å²) in [6.45, 7) is 8.18. The van der Waals surface area contributed by atoms with Gasteiger partial charge in [-0.2, -0.15) is 0 Å². The Balaban J connectivity index is 2.11. The number of rotatable bonds is 4. The van der Waals surface area contributed by atoms with Crippen molar-refractivity contribution in [3.63, 3.8) is 0 Å². The molecule has 12 heavy (non-hydrogen) atoms. The Kier molecular flexibility index (Phi) is 4.02. The first-order chi connectivity index (χ1) is 5.72. The zero-order valence-electron chi connectivity index (χ0n) is 8.55. The van der Waals surface area contributed by atoms with E-state index in [-0.39, 0.29) is 0 Å². The van der Waals surface area contributed by atoms with Crippen LogP contribution in [-0.4, -0.2) is 37.7 Å². The lowest BCUT2D eigenvalue weighted by Crippen LogP contribution is -2.24. The van der Waals surface area contributed by atoms with Gasteiger partial charge in [0.25, 0.3) is 0 Å². The zero-order chi connectivity index (χ0) is 8.97. The highest BCUT2D eigenvalue weighted by molar-refractivity contribution is 4.75. The van der Waals surface area contributed by atoms with Crippen molar-refractivity contribution in [1.29, 1.82) is 0 Å². The lowest BCUT2D eigenvalue weighted by Gasteiger charge is -2.16. The van der Waals surface area contributed by atoms with Crippen LogP contribution >= 0.6 is 0 Å². The van der Waals surface area contributed by atoms with Crippen molar-refractivity contribution in [3.05, 3.63) is 0 Å². The van der Waals surface area contributed by atoms with Gasteiger partial charge in [0.15, 0.2) is 0 Å². The number of ether oxygens (including phenoxy) is 1. The molecule has 0 aromatic heterocycles. The first-order valence-corrected chi connectivity index (χ1v) is 4.97. The minimum absolute atomic E-state index is 0.497. The van der Waals surface area contributed by atoms with E-state index in [9.17, 15) is 0 Å². The first kappa shape index (κ1) is 10.0. The van der Waals surface area contributed by atoms with Crippen LogP contribution in [0.4, 0.5) is 0 Å². The van der Waals surface area contributed by atoms with Crippen LogP contribution in [0.3, 0.4) is 0 Å². The molecule has 1 aliphatic rings. The number of hydrogen-bond acceptors (Lipinski definition) is 2. The molecule has 0 N–H and O–H groups in total. The van der Waals surface area contributed by atoms with Crippen molar-refractivity contribution in [3.8, 4) is 0 Å². The third-order valence-corrected chi connectivity index (χ3v) is 2.59. The van der Waals surface area contributed by atoms with Crippen LogP contribution in [0.2, 0.25) is 0 Å². The monoisotopic (exact) mass is 171 g/mol. The highest BCUT2D eigenvalue weighted by atomic mass is 16.5. The summed E-state index contributed by atoms with van der Waals surface area (Å²) in [6, 6.07) is 0. The standard InChI is InChI=1S/C10H21NO/c1-9(2)4-6-11-7-5-10(8-11)12-3/h9-10H,4-8H2,1-3H3/t10-/m1/s1. The molecule has 72 valence electrons. The predicted molar refractivity (Wildman–Crippen MR) is 51.3 cm³/mol. The van der Waals surface area contributed by atoms with Gasteiger partial charge in [-0.1, -0.05) is 13.8 Å². The van der Waals surface area contributed by atoms with Gasteiger partial charge in [-0.25, -0.2) is 0 Å². The van der Waals surface area contributed by atoms with Gasteiger partial charge in [-0.3, -0.25) is 0 Å². The minimum Gasteiger partial charge on any atom is -0.380 e. The van der Waals surface area contributed by atoms with E-state index >= 15 is 0 Å². The van der Waals surface area contributed by atoms with Gasteiger partial charge < -0.3 is 9.64 Å². The van der Waals surface area contributed by atoms with Crippen molar-refractivity contribution in [1.82, 2.24) is 4.90 Å². The van der Waals surface area contributed by atoms with Crippen LogP contribution < -0.4 is 0 Å². The molecule has 2 heteroatoms. The zero-order valence-corrected chi connectivity index (χ0v) is 8.55. The summed E-state index contributed by atoms with van der Waals surface area (Å²) < 4.78 is 5.31. The fraction of sp³-hybridized carbons (Fsp3) is 1.00. The molecule has 0 radical (unpaired) electrons. The average molecular weight is 171 g/mol. The Hall–Kier alpha value is -0.0800. The van der Waals surface area contributed by atoms with Crippen molar-refractivity contribution < 1.29 is 4.74 Å². The quantitative estimate of drug-likeness (QED) is 0.639. The molecule has 0 bridgehead atoms. The molecule has 1 fully saturated rings. The first-order valence-electron chi connectivity index (χ1n) is 4.97. The van der Waals surface area contributed by atoms with Gasteiger partial charge in [0, 0.05) is 20.2 Å². The van der Waals surface area contributed by atoms with Crippen LogP contribution in [0.25, 0.3) is 0 Å². The number of likely N-dealkylation sites (tertiary alicyclic amines) is 1. The third-order valence-electron chi connectivity index (χ3n) is 2.59. The molecule has 0 aliphatic carbocycles. The van der Waals surface area contributed by atoms with Crippen LogP contribution in [0.5, 0.6) is 0 Å². The van der Waals surface area contributed by atoms with Crippen LogP contribution in [-0.2, 0) is 4.74 Å². The van der Waals surface area contributed by atoms with Crippen LogP contribution in [0.15, 0.2) is 0 Å². The molecule has 2 nitrogen and oxygen atoms in total. The largest absolute Gasteiger partial charge is 0.380 e. The van der Waals surface area contributed by atoms with E-state index in [4.69, 9.17) is 4.74 Å². The summed E-state index contributed by atoms with van der Waals surface area (Å²) in [5, 5.41) is 0. The summed E-state index contributed by atoms with van der Waals surface area (Å²) in [4.78, 5) is 2.51. The highest BCUT2D eigenvalue weighted by Crippen LogP contribution is 2.13. The molecule has 0 unspecified atom stereocenters. The smallest absolute Gasteiger partial charge is 0.0710 e. The summed E-state index contributed by atoms with van der Waals surface area (Å²) in [7, 11) is 1.82. The van der Waals surface area contributed by atoms with Gasteiger partial charge in [-0.05, 0) is 25.3 Å². The maximum atomic E-state index is 5.31.